The summed E-state index contributed by atoms with van der Waals surface area (Å²) >= 11 is 0. The Hall–Kier alpha value is -2.69. The van der Waals surface area contributed by atoms with E-state index in [4.69, 9.17) is 5.11 Å². The summed E-state index contributed by atoms with van der Waals surface area (Å²) in [5.41, 5.74) is 3.76. The Balaban J connectivity index is 1.93. The number of carbonyl (C=O) groups is 2. The summed E-state index contributed by atoms with van der Waals surface area (Å²) in [5.74, 6) is -1.26. The molecule has 0 bridgehead atoms. The number of likely N-dealkylation sites (tertiary alicyclic amines) is 1. The van der Waals surface area contributed by atoms with Gasteiger partial charge in [-0.1, -0.05) is 23.8 Å². The third-order valence-corrected chi connectivity index (χ3v) is 4.53. The van der Waals surface area contributed by atoms with Gasteiger partial charge in [0, 0.05) is 12.7 Å². The first-order valence-corrected chi connectivity index (χ1v) is 8.05. The zero-order valence-corrected chi connectivity index (χ0v) is 13.8. The standard InChI is InChI=1S/C19H20N2O3/c1-12-5-6-13(2)15(10-12)17-4-3-9-21(17)18(22)16-11-14(19(23)24)7-8-20-16/h5-8,10-11,17H,3-4,9H2,1-2H3,(H,23,24). The summed E-state index contributed by atoms with van der Waals surface area (Å²) in [7, 11) is 0. The van der Waals surface area contributed by atoms with E-state index in [-0.39, 0.29) is 23.2 Å². The molecule has 0 saturated carbocycles. The van der Waals surface area contributed by atoms with Gasteiger partial charge in [-0.05, 0) is 49.9 Å². The molecule has 1 aliphatic rings. The van der Waals surface area contributed by atoms with Gasteiger partial charge in [0.25, 0.3) is 5.91 Å². The van der Waals surface area contributed by atoms with Gasteiger partial charge in [-0.3, -0.25) is 9.78 Å². The number of aryl methyl sites for hydroxylation is 2. The molecule has 0 spiro atoms. The largest absolute Gasteiger partial charge is 0.478 e. The zero-order valence-electron chi connectivity index (χ0n) is 13.8. The van der Waals surface area contributed by atoms with E-state index >= 15 is 0 Å². The highest BCUT2D eigenvalue weighted by Crippen LogP contribution is 2.35. The van der Waals surface area contributed by atoms with Crippen LogP contribution in [0.3, 0.4) is 0 Å². The number of aromatic carboxylic acids is 1. The van der Waals surface area contributed by atoms with E-state index < -0.39 is 5.97 Å². The summed E-state index contributed by atoms with van der Waals surface area (Å²) in [4.78, 5) is 29.9. The maximum absolute atomic E-state index is 12.9. The number of aromatic nitrogens is 1. The van der Waals surface area contributed by atoms with Gasteiger partial charge in [0.15, 0.2) is 0 Å². The van der Waals surface area contributed by atoms with Gasteiger partial charge in [0.2, 0.25) is 0 Å². The van der Waals surface area contributed by atoms with E-state index in [1.807, 2.05) is 11.8 Å². The fraction of sp³-hybridized carbons (Fsp3) is 0.316. The maximum atomic E-state index is 12.9. The van der Waals surface area contributed by atoms with Gasteiger partial charge in [-0.2, -0.15) is 0 Å². The molecule has 1 N–H and O–H groups in total. The zero-order chi connectivity index (χ0) is 17.3. The average Bonchev–Trinajstić information content (AvgIpc) is 3.05. The summed E-state index contributed by atoms with van der Waals surface area (Å²) in [6.45, 7) is 4.76. The average molecular weight is 324 g/mol. The van der Waals surface area contributed by atoms with Crippen LogP contribution in [0.25, 0.3) is 0 Å². The number of benzene rings is 1. The predicted octanol–water partition coefficient (Wildman–Crippen LogP) is 3.37. The number of carbonyl (C=O) groups excluding carboxylic acids is 1. The second kappa shape index (κ2) is 6.43. The Morgan fingerprint density at radius 2 is 2.00 bits per heavy atom. The van der Waals surface area contributed by atoms with Gasteiger partial charge in [0.05, 0.1) is 11.6 Å². The quantitative estimate of drug-likeness (QED) is 0.939. The topological polar surface area (TPSA) is 70.5 Å². The van der Waals surface area contributed by atoms with Crippen molar-refractivity contribution in [3.05, 3.63) is 64.5 Å². The van der Waals surface area contributed by atoms with Gasteiger partial charge >= 0.3 is 5.97 Å². The molecule has 1 aromatic carbocycles. The second-order valence-corrected chi connectivity index (χ2v) is 6.25. The Labute approximate surface area is 140 Å². The molecule has 1 fully saturated rings. The minimum atomic E-state index is -1.06. The van der Waals surface area contributed by atoms with Crippen molar-refractivity contribution in [3.63, 3.8) is 0 Å². The van der Waals surface area contributed by atoms with Gasteiger partial charge in [-0.25, -0.2) is 4.79 Å². The third-order valence-electron chi connectivity index (χ3n) is 4.53. The van der Waals surface area contributed by atoms with Gasteiger partial charge < -0.3 is 10.0 Å². The minimum Gasteiger partial charge on any atom is -0.478 e. The van der Waals surface area contributed by atoms with E-state index in [1.54, 1.807) is 0 Å². The number of amides is 1. The number of carboxylic acids is 1. The molecular formula is C19H20N2O3. The van der Waals surface area contributed by atoms with E-state index in [0.717, 1.165) is 24.0 Å². The first-order chi connectivity index (χ1) is 11.5. The summed E-state index contributed by atoms with van der Waals surface area (Å²) < 4.78 is 0. The molecule has 0 aliphatic carbocycles. The summed E-state index contributed by atoms with van der Waals surface area (Å²) in [6, 6.07) is 9.04. The first kappa shape index (κ1) is 16.2. The lowest BCUT2D eigenvalue weighted by Crippen LogP contribution is -2.31. The maximum Gasteiger partial charge on any atom is 0.335 e. The van der Waals surface area contributed by atoms with Crippen molar-refractivity contribution in [2.24, 2.45) is 0 Å². The van der Waals surface area contributed by atoms with E-state index in [2.05, 4.69) is 30.1 Å². The van der Waals surface area contributed by atoms with E-state index in [9.17, 15) is 9.59 Å². The molecule has 1 aliphatic heterocycles. The summed E-state index contributed by atoms with van der Waals surface area (Å²) in [6.07, 6.45) is 3.22. The number of carboxylic acid groups (broad SMARTS) is 1. The van der Waals surface area contributed by atoms with Crippen LogP contribution in [-0.2, 0) is 0 Å². The lowest BCUT2D eigenvalue weighted by Gasteiger charge is -2.26. The molecule has 5 heteroatoms. The van der Waals surface area contributed by atoms with Crippen LogP contribution in [0.1, 0.15) is 56.4 Å². The van der Waals surface area contributed by atoms with Gasteiger partial charge in [0.1, 0.15) is 5.69 Å². The Bertz CT molecular complexity index is 801. The van der Waals surface area contributed by atoms with Crippen LogP contribution < -0.4 is 0 Å². The van der Waals surface area contributed by atoms with Gasteiger partial charge in [-0.15, -0.1) is 0 Å². The summed E-state index contributed by atoms with van der Waals surface area (Å²) in [5, 5.41) is 9.10. The van der Waals surface area contributed by atoms with Crippen LogP contribution in [0.5, 0.6) is 0 Å². The second-order valence-electron chi connectivity index (χ2n) is 6.25. The van der Waals surface area contributed by atoms with Crippen LogP contribution in [0.2, 0.25) is 0 Å². The van der Waals surface area contributed by atoms with Crippen molar-refractivity contribution in [1.82, 2.24) is 9.88 Å². The Morgan fingerprint density at radius 1 is 1.21 bits per heavy atom. The Morgan fingerprint density at radius 3 is 2.75 bits per heavy atom. The third kappa shape index (κ3) is 3.02. The van der Waals surface area contributed by atoms with Crippen molar-refractivity contribution >= 4 is 11.9 Å². The van der Waals surface area contributed by atoms with Crippen molar-refractivity contribution in [2.45, 2.75) is 32.7 Å². The molecule has 1 saturated heterocycles. The molecule has 3 rings (SSSR count). The number of hydrogen-bond donors (Lipinski definition) is 1. The van der Waals surface area contributed by atoms with E-state index in [0.29, 0.717) is 6.54 Å². The van der Waals surface area contributed by atoms with Crippen molar-refractivity contribution in [1.29, 1.82) is 0 Å². The molecule has 124 valence electrons. The highest BCUT2D eigenvalue weighted by molar-refractivity contribution is 5.96. The molecule has 24 heavy (non-hydrogen) atoms. The fourth-order valence-electron chi connectivity index (χ4n) is 3.28. The van der Waals surface area contributed by atoms with Crippen LogP contribution in [0.4, 0.5) is 0 Å². The highest BCUT2D eigenvalue weighted by Gasteiger charge is 2.32. The van der Waals surface area contributed by atoms with Crippen LogP contribution in [0.15, 0.2) is 36.5 Å². The normalized spacial score (nSPS) is 17.1. The molecule has 5 nitrogen and oxygen atoms in total. The predicted molar refractivity (Wildman–Crippen MR) is 90.1 cm³/mol. The number of rotatable bonds is 3. The first-order valence-electron chi connectivity index (χ1n) is 8.05. The number of hydrogen-bond acceptors (Lipinski definition) is 3. The van der Waals surface area contributed by atoms with E-state index in [1.165, 1.54) is 23.9 Å². The van der Waals surface area contributed by atoms with Crippen molar-refractivity contribution in [2.75, 3.05) is 6.54 Å². The molecule has 0 radical (unpaired) electrons. The molecule has 2 aromatic rings. The fourth-order valence-corrected chi connectivity index (χ4v) is 3.28. The number of nitrogens with zero attached hydrogens (tertiary/aromatic N) is 2. The van der Waals surface area contributed by atoms with Crippen molar-refractivity contribution < 1.29 is 14.7 Å². The molecule has 1 unspecified atom stereocenters. The molecule has 1 atom stereocenters. The molecule has 2 heterocycles. The lowest BCUT2D eigenvalue weighted by atomic mass is 9.97. The monoisotopic (exact) mass is 324 g/mol. The lowest BCUT2D eigenvalue weighted by molar-refractivity contribution is 0.0696. The minimum absolute atomic E-state index is 0.0210. The smallest absolute Gasteiger partial charge is 0.335 e. The SMILES string of the molecule is Cc1ccc(C)c(C2CCCN2C(=O)c2cc(C(=O)O)ccn2)c1. The molecular weight excluding hydrogens is 304 g/mol. The van der Waals surface area contributed by atoms with Crippen LogP contribution in [-0.4, -0.2) is 33.4 Å². The van der Waals surface area contributed by atoms with Crippen LogP contribution in [0, 0.1) is 13.8 Å². The number of pyridine rings is 1. The van der Waals surface area contributed by atoms with Crippen molar-refractivity contribution in [3.8, 4) is 0 Å². The Kier molecular flexibility index (Phi) is 4.34. The molecule has 1 aromatic heterocycles. The highest BCUT2D eigenvalue weighted by atomic mass is 16.4. The molecule has 1 amide bonds. The van der Waals surface area contributed by atoms with Crippen LogP contribution >= 0.6 is 0 Å².